The van der Waals surface area contributed by atoms with E-state index in [1.165, 1.54) is 5.01 Å². The SMILES string of the molecule is CN/C(N)=C(\c1cnc2c3c(n(CC4CCOCC4)c2c1)=CC(C(C)(C)O)CC=3)N(C)N. The van der Waals surface area contributed by atoms with E-state index < -0.39 is 5.60 Å². The van der Waals surface area contributed by atoms with Gasteiger partial charge in [-0.25, -0.2) is 5.84 Å². The summed E-state index contributed by atoms with van der Waals surface area (Å²) in [6, 6.07) is 2.13. The second-order valence-electron chi connectivity index (χ2n) is 9.55. The topological polar surface area (TPSA) is 115 Å². The van der Waals surface area contributed by atoms with Crippen LogP contribution in [-0.2, 0) is 11.3 Å². The molecule has 3 heterocycles. The number of nitrogens with two attached hydrogens (primary N) is 2. The lowest BCUT2D eigenvalue weighted by molar-refractivity contribution is 0.0448. The number of hydrogen-bond acceptors (Lipinski definition) is 7. The van der Waals surface area contributed by atoms with Gasteiger partial charge in [0.05, 0.1) is 16.6 Å². The first-order valence-corrected chi connectivity index (χ1v) is 11.4. The van der Waals surface area contributed by atoms with E-state index in [0.29, 0.717) is 17.4 Å². The van der Waals surface area contributed by atoms with Crippen LogP contribution in [0.1, 0.15) is 38.7 Å². The van der Waals surface area contributed by atoms with E-state index in [2.05, 4.69) is 28.1 Å². The predicted octanol–water partition coefficient (Wildman–Crippen LogP) is 0.424. The summed E-state index contributed by atoms with van der Waals surface area (Å²) in [5.74, 6) is 7.19. The molecule has 0 amide bonds. The van der Waals surface area contributed by atoms with Crippen LogP contribution in [0.3, 0.4) is 0 Å². The summed E-state index contributed by atoms with van der Waals surface area (Å²) in [6.07, 6.45) is 9.16. The summed E-state index contributed by atoms with van der Waals surface area (Å²) < 4.78 is 7.95. The Morgan fingerprint density at radius 1 is 1.38 bits per heavy atom. The van der Waals surface area contributed by atoms with E-state index in [4.69, 9.17) is 21.3 Å². The van der Waals surface area contributed by atoms with Gasteiger partial charge in [-0.2, -0.15) is 0 Å². The number of aliphatic hydroxyl groups is 1. The molecular formula is C24H36N6O2. The summed E-state index contributed by atoms with van der Waals surface area (Å²) in [6.45, 7) is 6.26. The van der Waals surface area contributed by atoms with Crippen molar-refractivity contribution in [1.82, 2.24) is 19.9 Å². The second kappa shape index (κ2) is 8.77. The molecule has 6 N–H and O–H groups in total. The van der Waals surface area contributed by atoms with Gasteiger partial charge in [0.1, 0.15) is 11.5 Å². The Bertz CT molecular complexity index is 1140. The summed E-state index contributed by atoms with van der Waals surface area (Å²) in [7, 11) is 3.54. The molecule has 0 radical (unpaired) electrons. The monoisotopic (exact) mass is 440 g/mol. The van der Waals surface area contributed by atoms with Gasteiger partial charge in [-0.05, 0) is 45.1 Å². The van der Waals surface area contributed by atoms with Crippen LogP contribution >= 0.6 is 0 Å². The predicted molar refractivity (Wildman–Crippen MR) is 128 cm³/mol. The smallest absolute Gasteiger partial charge is 0.122 e. The highest BCUT2D eigenvalue weighted by Crippen LogP contribution is 2.26. The Labute approximate surface area is 189 Å². The highest BCUT2D eigenvalue weighted by Gasteiger charge is 2.27. The van der Waals surface area contributed by atoms with E-state index >= 15 is 0 Å². The van der Waals surface area contributed by atoms with E-state index in [-0.39, 0.29) is 5.92 Å². The van der Waals surface area contributed by atoms with Crippen LogP contribution in [0.2, 0.25) is 0 Å². The Balaban J connectivity index is 1.93. The van der Waals surface area contributed by atoms with Gasteiger partial charge < -0.3 is 30.5 Å². The molecule has 0 saturated carbocycles. The third-order valence-corrected chi connectivity index (χ3v) is 6.75. The van der Waals surface area contributed by atoms with Crippen molar-refractivity contribution in [3.05, 3.63) is 34.2 Å². The number of nitrogens with zero attached hydrogens (tertiary/aromatic N) is 3. The van der Waals surface area contributed by atoms with Crippen molar-refractivity contribution in [1.29, 1.82) is 0 Å². The molecule has 1 fully saturated rings. The zero-order valence-corrected chi connectivity index (χ0v) is 19.6. The highest BCUT2D eigenvalue weighted by atomic mass is 16.5. The number of hydrogen-bond donors (Lipinski definition) is 4. The fourth-order valence-electron chi connectivity index (χ4n) is 4.82. The molecule has 2 aliphatic rings. The Morgan fingerprint density at radius 3 is 2.72 bits per heavy atom. The summed E-state index contributed by atoms with van der Waals surface area (Å²) in [4.78, 5) is 4.86. The summed E-state index contributed by atoms with van der Waals surface area (Å²) in [5.41, 5.74) is 9.01. The molecule has 1 aliphatic heterocycles. The largest absolute Gasteiger partial charge is 0.390 e. The minimum absolute atomic E-state index is 0.0535. The molecule has 0 spiro atoms. The Morgan fingerprint density at radius 2 is 2.09 bits per heavy atom. The average molecular weight is 441 g/mol. The van der Waals surface area contributed by atoms with E-state index in [0.717, 1.165) is 66.2 Å². The first-order valence-electron chi connectivity index (χ1n) is 11.4. The Hall–Kier alpha value is -2.55. The van der Waals surface area contributed by atoms with Crippen molar-refractivity contribution in [2.45, 2.75) is 45.3 Å². The Kier molecular flexibility index (Phi) is 6.20. The number of aromatic nitrogens is 2. The summed E-state index contributed by atoms with van der Waals surface area (Å²) >= 11 is 0. The summed E-state index contributed by atoms with van der Waals surface area (Å²) in [5, 5.41) is 17.5. The van der Waals surface area contributed by atoms with Gasteiger partial charge in [0.2, 0.25) is 0 Å². The molecule has 8 heteroatoms. The third-order valence-electron chi connectivity index (χ3n) is 6.75. The van der Waals surface area contributed by atoms with Gasteiger partial charge in [0.15, 0.2) is 0 Å². The fourth-order valence-corrected chi connectivity index (χ4v) is 4.82. The molecule has 1 atom stereocenters. The second-order valence-corrected chi connectivity index (χ2v) is 9.55. The molecule has 2 aromatic heterocycles. The molecule has 2 aromatic rings. The molecule has 174 valence electrons. The zero-order chi connectivity index (χ0) is 23.0. The minimum Gasteiger partial charge on any atom is -0.390 e. The van der Waals surface area contributed by atoms with Crippen molar-refractivity contribution in [2.75, 3.05) is 27.3 Å². The maximum absolute atomic E-state index is 10.7. The van der Waals surface area contributed by atoms with Crippen LogP contribution in [0.5, 0.6) is 0 Å². The first-order chi connectivity index (χ1) is 15.2. The number of ether oxygens (including phenoxy) is 1. The van der Waals surface area contributed by atoms with Gasteiger partial charge in [-0.1, -0.05) is 12.2 Å². The van der Waals surface area contributed by atoms with Crippen LogP contribution in [0.4, 0.5) is 0 Å². The molecule has 32 heavy (non-hydrogen) atoms. The molecule has 8 nitrogen and oxygen atoms in total. The molecule has 0 aromatic carbocycles. The molecule has 1 saturated heterocycles. The molecule has 4 rings (SSSR count). The van der Waals surface area contributed by atoms with Gasteiger partial charge in [0, 0.05) is 62.1 Å². The van der Waals surface area contributed by atoms with Gasteiger partial charge in [-0.15, -0.1) is 0 Å². The van der Waals surface area contributed by atoms with Crippen LogP contribution in [0.25, 0.3) is 28.9 Å². The standard InChI is InChI=1S/C24H36N6O2/c1-24(2,31)17-5-6-18-19(12-17)30(14-15-7-9-32-10-8-15)20-11-16(13-28-21(18)20)22(29(4)26)23(25)27-3/h6,11-13,15,17,27,31H,5,7-10,14,25-26H2,1-4H3/b23-22+. The number of rotatable bonds is 6. The third kappa shape index (κ3) is 4.22. The van der Waals surface area contributed by atoms with Crippen molar-refractivity contribution >= 4 is 28.9 Å². The molecule has 1 unspecified atom stereocenters. The van der Waals surface area contributed by atoms with Crippen LogP contribution in [0, 0.1) is 11.8 Å². The number of pyridine rings is 1. The minimum atomic E-state index is -0.786. The number of fused-ring (bicyclic) bond motifs is 3. The molecule has 1 aliphatic carbocycles. The normalized spacial score (nSPS) is 20.2. The number of nitrogens with one attached hydrogen (secondary N) is 1. The van der Waals surface area contributed by atoms with Gasteiger partial charge in [0.25, 0.3) is 0 Å². The van der Waals surface area contributed by atoms with Crippen molar-refractivity contribution in [3.8, 4) is 0 Å². The van der Waals surface area contributed by atoms with Crippen LogP contribution in [-0.4, -0.2) is 52.6 Å². The van der Waals surface area contributed by atoms with E-state index in [9.17, 15) is 5.11 Å². The lowest BCUT2D eigenvalue weighted by atomic mass is 9.85. The average Bonchev–Trinajstić information content (AvgIpc) is 3.06. The van der Waals surface area contributed by atoms with Gasteiger partial charge in [-0.3, -0.25) is 4.98 Å². The maximum atomic E-state index is 10.7. The zero-order valence-electron chi connectivity index (χ0n) is 19.6. The van der Waals surface area contributed by atoms with Crippen molar-refractivity contribution in [2.24, 2.45) is 23.4 Å². The van der Waals surface area contributed by atoms with Gasteiger partial charge >= 0.3 is 0 Å². The quantitative estimate of drug-likeness (QED) is 0.380. The van der Waals surface area contributed by atoms with E-state index in [1.54, 1.807) is 14.1 Å². The maximum Gasteiger partial charge on any atom is 0.122 e. The first kappa shape index (κ1) is 22.6. The number of hydrazine groups is 1. The van der Waals surface area contributed by atoms with Crippen LogP contribution in [0.15, 0.2) is 18.1 Å². The lowest BCUT2D eigenvalue weighted by Gasteiger charge is -2.27. The lowest BCUT2D eigenvalue weighted by Crippen LogP contribution is -2.40. The fraction of sp³-hybridized carbons (Fsp3) is 0.542. The molecule has 0 bridgehead atoms. The van der Waals surface area contributed by atoms with Crippen molar-refractivity contribution < 1.29 is 9.84 Å². The highest BCUT2D eigenvalue weighted by molar-refractivity contribution is 5.82. The molecular weight excluding hydrogens is 404 g/mol. The van der Waals surface area contributed by atoms with E-state index in [1.807, 2.05) is 20.0 Å². The van der Waals surface area contributed by atoms with Crippen molar-refractivity contribution in [3.63, 3.8) is 0 Å². The van der Waals surface area contributed by atoms with Crippen LogP contribution < -0.4 is 27.5 Å².